The van der Waals surface area contributed by atoms with Gasteiger partial charge in [0.2, 0.25) is 0 Å². The van der Waals surface area contributed by atoms with Crippen LogP contribution >= 0.6 is 11.6 Å². The van der Waals surface area contributed by atoms with Crippen LogP contribution in [0.25, 0.3) is 16.9 Å². The van der Waals surface area contributed by atoms with Gasteiger partial charge >= 0.3 is 0 Å². The van der Waals surface area contributed by atoms with E-state index < -0.39 is 5.60 Å². The molecular formula is C25H24ClN3O2. The van der Waals surface area contributed by atoms with Gasteiger partial charge in [-0.15, -0.1) is 0 Å². The van der Waals surface area contributed by atoms with Crippen molar-refractivity contribution in [2.24, 2.45) is 0 Å². The van der Waals surface area contributed by atoms with E-state index >= 15 is 0 Å². The standard InChI is InChI=1S/C25H24ClN3O2/c1-16-11-12-29-15-22(27-23(29)13-16)18-6-5-17(2)21(14-18)28-24(30)25(3,4)31-20-9-7-19(26)8-10-20/h5-15H,1-4H3,(H,28,30). The first-order valence-electron chi connectivity index (χ1n) is 10.0. The van der Waals surface area contributed by atoms with Crippen LogP contribution in [0.5, 0.6) is 5.75 Å². The molecule has 5 nitrogen and oxygen atoms in total. The van der Waals surface area contributed by atoms with E-state index in [0.717, 1.165) is 33.7 Å². The van der Waals surface area contributed by atoms with Crippen LogP contribution in [-0.2, 0) is 4.79 Å². The number of pyridine rings is 1. The summed E-state index contributed by atoms with van der Waals surface area (Å²) < 4.78 is 7.90. The Kier molecular flexibility index (Phi) is 5.46. The number of nitrogens with one attached hydrogen (secondary N) is 1. The molecule has 4 rings (SSSR count). The molecule has 6 heteroatoms. The second kappa shape index (κ2) is 8.08. The Balaban J connectivity index is 1.57. The van der Waals surface area contributed by atoms with Crippen molar-refractivity contribution in [3.63, 3.8) is 0 Å². The van der Waals surface area contributed by atoms with Crippen molar-refractivity contribution < 1.29 is 9.53 Å². The van der Waals surface area contributed by atoms with Gasteiger partial charge in [-0.2, -0.15) is 0 Å². The first kappa shape index (κ1) is 20.9. The third-order valence-corrected chi connectivity index (χ3v) is 5.38. The smallest absolute Gasteiger partial charge is 0.267 e. The van der Waals surface area contributed by atoms with Crippen LogP contribution in [0.15, 0.2) is 67.0 Å². The molecule has 0 saturated heterocycles. The Morgan fingerprint density at radius 2 is 1.81 bits per heavy atom. The Morgan fingerprint density at radius 1 is 1.06 bits per heavy atom. The maximum atomic E-state index is 13.0. The highest BCUT2D eigenvalue weighted by Crippen LogP contribution is 2.27. The van der Waals surface area contributed by atoms with Gasteiger partial charge in [-0.05, 0) is 81.3 Å². The minimum Gasteiger partial charge on any atom is -0.478 e. The molecule has 0 spiro atoms. The monoisotopic (exact) mass is 433 g/mol. The summed E-state index contributed by atoms with van der Waals surface area (Å²) in [5.41, 5.74) is 4.43. The fourth-order valence-corrected chi connectivity index (χ4v) is 3.38. The van der Waals surface area contributed by atoms with Crippen molar-refractivity contribution in [2.75, 3.05) is 5.32 Å². The van der Waals surface area contributed by atoms with Crippen molar-refractivity contribution in [2.45, 2.75) is 33.3 Å². The SMILES string of the molecule is Cc1ccn2cc(-c3ccc(C)c(NC(=O)C(C)(C)Oc4ccc(Cl)cc4)c3)nc2c1. The predicted octanol–water partition coefficient (Wildman–Crippen LogP) is 6.07. The van der Waals surface area contributed by atoms with Gasteiger partial charge in [0, 0.05) is 28.7 Å². The Morgan fingerprint density at radius 3 is 2.55 bits per heavy atom. The summed E-state index contributed by atoms with van der Waals surface area (Å²) in [4.78, 5) is 17.7. The van der Waals surface area contributed by atoms with Gasteiger partial charge in [0.15, 0.2) is 5.60 Å². The number of amides is 1. The molecule has 0 fully saturated rings. The highest BCUT2D eigenvalue weighted by molar-refractivity contribution is 6.30. The number of carbonyl (C=O) groups excluding carboxylic acids is 1. The molecule has 4 aromatic rings. The predicted molar refractivity (Wildman–Crippen MR) is 125 cm³/mol. The number of rotatable bonds is 5. The molecule has 0 aliphatic heterocycles. The maximum absolute atomic E-state index is 13.0. The number of fused-ring (bicyclic) bond motifs is 1. The molecule has 2 aromatic carbocycles. The molecular weight excluding hydrogens is 410 g/mol. The Hall–Kier alpha value is -3.31. The number of benzene rings is 2. The average molecular weight is 434 g/mol. The minimum absolute atomic E-state index is 0.242. The van der Waals surface area contributed by atoms with Gasteiger partial charge in [0.25, 0.3) is 5.91 Å². The summed E-state index contributed by atoms with van der Waals surface area (Å²) in [6, 6.07) is 17.0. The number of aromatic nitrogens is 2. The van der Waals surface area contributed by atoms with E-state index in [0.29, 0.717) is 10.8 Å². The third-order valence-electron chi connectivity index (χ3n) is 5.13. The topological polar surface area (TPSA) is 55.6 Å². The summed E-state index contributed by atoms with van der Waals surface area (Å²) in [7, 11) is 0. The largest absolute Gasteiger partial charge is 0.478 e. The van der Waals surface area contributed by atoms with Crippen LogP contribution in [0.2, 0.25) is 5.02 Å². The molecule has 1 N–H and O–H groups in total. The van der Waals surface area contributed by atoms with Crippen LogP contribution in [0, 0.1) is 13.8 Å². The van der Waals surface area contributed by atoms with E-state index in [2.05, 4.69) is 5.32 Å². The normalized spacial score (nSPS) is 11.5. The fraction of sp³-hybridized carbons (Fsp3) is 0.200. The number of nitrogens with zero attached hydrogens (tertiary/aromatic N) is 2. The lowest BCUT2D eigenvalue weighted by Gasteiger charge is -2.26. The van der Waals surface area contributed by atoms with Crippen molar-refractivity contribution >= 4 is 28.8 Å². The first-order chi connectivity index (χ1) is 14.7. The molecule has 0 atom stereocenters. The highest BCUT2D eigenvalue weighted by atomic mass is 35.5. The molecule has 2 heterocycles. The average Bonchev–Trinajstić information content (AvgIpc) is 3.14. The molecule has 0 unspecified atom stereocenters. The molecule has 0 saturated carbocycles. The molecule has 0 aliphatic carbocycles. The zero-order valence-corrected chi connectivity index (χ0v) is 18.7. The zero-order valence-electron chi connectivity index (χ0n) is 17.9. The second-order valence-electron chi connectivity index (χ2n) is 8.15. The molecule has 0 bridgehead atoms. The summed E-state index contributed by atoms with van der Waals surface area (Å²) >= 11 is 5.93. The van der Waals surface area contributed by atoms with Gasteiger partial charge < -0.3 is 14.5 Å². The van der Waals surface area contributed by atoms with Gasteiger partial charge in [-0.3, -0.25) is 4.79 Å². The summed E-state index contributed by atoms with van der Waals surface area (Å²) in [5.74, 6) is 0.336. The summed E-state index contributed by atoms with van der Waals surface area (Å²) in [6.45, 7) is 7.47. The second-order valence-corrected chi connectivity index (χ2v) is 8.58. The van der Waals surface area contributed by atoms with E-state index in [1.165, 1.54) is 0 Å². The van der Waals surface area contributed by atoms with Gasteiger partial charge in [-0.1, -0.05) is 23.7 Å². The number of hydrogen-bond acceptors (Lipinski definition) is 3. The van der Waals surface area contributed by atoms with Crippen LogP contribution in [0.4, 0.5) is 5.69 Å². The van der Waals surface area contributed by atoms with E-state index in [1.807, 2.05) is 61.0 Å². The number of imidazole rings is 1. The van der Waals surface area contributed by atoms with Crippen molar-refractivity contribution in [3.8, 4) is 17.0 Å². The lowest BCUT2D eigenvalue weighted by atomic mass is 10.1. The lowest BCUT2D eigenvalue weighted by Crippen LogP contribution is -2.42. The fourth-order valence-electron chi connectivity index (χ4n) is 3.26. The van der Waals surface area contributed by atoms with Crippen molar-refractivity contribution in [1.82, 2.24) is 9.38 Å². The van der Waals surface area contributed by atoms with E-state index in [1.54, 1.807) is 38.1 Å². The lowest BCUT2D eigenvalue weighted by molar-refractivity contribution is -0.128. The number of aryl methyl sites for hydroxylation is 2. The highest BCUT2D eigenvalue weighted by Gasteiger charge is 2.30. The third kappa shape index (κ3) is 4.57. The number of ether oxygens (including phenoxy) is 1. The van der Waals surface area contributed by atoms with E-state index in [4.69, 9.17) is 21.3 Å². The van der Waals surface area contributed by atoms with E-state index in [-0.39, 0.29) is 5.91 Å². The molecule has 158 valence electrons. The van der Waals surface area contributed by atoms with Crippen LogP contribution < -0.4 is 10.1 Å². The molecule has 2 aromatic heterocycles. The molecule has 1 amide bonds. The van der Waals surface area contributed by atoms with E-state index in [9.17, 15) is 4.79 Å². The van der Waals surface area contributed by atoms with Crippen LogP contribution in [-0.4, -0.2) is 20.9 Å². The molecule has 0 radical (unpaired) electrons. The maximum Gasteiger partial charge on any atom is 0.267 e. The minimum atomic E-state index is -1.07. The molecule has 0 aliphatic rings. The van der Waals surface area contributed by atoms with Gasteiger partial charge in [-0.25, -0.2) is 4.98 Å². The van der Waals surface area contributed by atoms with Crippen molar-refractivity contribution in [1.29, 1.82) is 0 Å². The van der Waals surface area contributed by atoms with Gasteiger partial charge in [0.1, 0.15) is 11.4 Å². The van der Waals surface area contributed by atoms with Crippen LogP contribution in [0.3, 0.4) is 0 Å². The summed E-state index contributed by atoms with van der Waals surface area (Å²) in [5, 5.41) is 3.63. The Labute approximate surface area is 186 Å². The van der Waals surface area contributed by atoms with Gasteiger partial charge in [0.05, 0.1) is 5.69 Å². The zero-order chi connectivity index (χ0) is 22.2. The quantitative estimate of drug-likeness (QED) is 0.415. The molecule has 31 heavy (non-hydrogen) atoms. The number of anilines is 1. The first-order valence-corrected chi connectivity index (χ1v) is 10.4. The Bertz CT molecular complexity index is 1260. The number of carbonyl (C=O) groups is 1. The summed E-state index contributed by atoms with van der Waals surface area (Å²) in [6.07, 6.45) is 3.98. The van der Waals surface area contributed by atoms with Crippen molar-refractivity contribution in [3.05, 3.63) is 83.1 Å². The number of halogens is 1. The number of hydrogen-bond donors (Lipinski definition) is 1. The van der Waals surface area contributed by atoms with Crippen LogP contribution in [0.1, 0.15) is 25.0 Å².